The lowest BCUT2D eigenvalue weighted by molar-refractivity contribution is 0.199. The van der Waals surface area contributed by atoms with Crippen LogP contribution in [0.25, 0.3) is 0 Å². The topological polar surface area (TPSA) is 24.5 Å². The fraction of sp³-hybridized carbons (Fsp3) is 0.667. The molecular weight excluding hydrogens is 311 g/mol. The first-order chi connectivity index (χ1) is 11.3. The second-order valence-corrected chi connectivity index (χ2v) is 6.93. The minimum absolute atomic E-state index is 0.301. The van der Waals surface area contributed by atoms with Crippen LogP contribution >= 0.6 is 12.1 Å². The van der Waals surface area contributed by atoms with Crippen molar-refractivity contribution in [2.24, 2.45) is 0 Å². The van der Waals surface area contributed by atoms with Crippen molar-refractivity contribution in [2.75, 3.05) is 6.61 Å². The smallest absolute Gasteiger partial charge is 0.182 e. The van der Waals surface area contributed by atoms with E-state index in [0.29, 0.717) is 12.4 Å². The molecule has 5 heteroatoms. The maximum absolute atomic E-state index is 13.8. The Balaban J connectivity index is 1.47. The van der Waals surface area contributed by atoms with Gasteiger partial charge >= 0.3 is 0 Å². The van der Waals surface area contributed by atoms with Crippen LogP contribution in [0.5, 0.6) is 0 Å². The zero-order chi connectivity index (χ0) is 16.3. The Kier molecular flexibility index (Phi) is 8.43. The highest BCUT2D eigenvalue weighted by molar-refractivity contribution is 7.95. The maximum Gasteiger partial charge on any atom is 0.182 e. The van der Waals surface area contributed by atoms with Crippen molar-refractivity contribution in [1.82, 2.24) is 9.03 Å². The Labute approximate surface area is 144 Å². The zero-order valence-corrected chi connectivity index (χ0v) is 15.0. The molecule has 0 aromatic rings. The average Bonchev–Trinajstić information content (AvgIpc) is 2.99. The minimum Gasteiger partial charge on any atom is -0.490 e. The molecule has 0 unspecified atom stereocenters. The number of unbranched alkanes of at least 4 members (excludes halogenated alkanes) is 9. The second-order valence-electron chi connectivity index (χ2n) is 6.12. The van der Waals surface area contributed by atoms with Gasteiger partial charge in [0, 0.05) is 12.3 Å². The van der Waals surface area contributed by atoms with Crippen molar-refractivity contribution in [3.63, 3.8) is 0 Å². The molecule has 23 heavy (non-hydrogen) atoms. The SMILES string of the molecule is CCCCCCCCCCCCOC1=CC2=CNSN2C=C1F. The summed E-state index contributed by atoms with van der Waals surface area (Å²) >= 11 is 1.35. The fourth-order valence-corrected chi connectivity index (χ4v) is 3.36. The highest BCUT2D eigenvalue weighted by Gasteiger charge is 2.22. The normalized spacial score (nSPS) is 16.4. The molecule has 0 radical (unpaired) electrons. The van der Waals surface area contributed by atoms with E-state index in [2.05, 4.69) is 11.6 Å². The van der Waals surface area contributed by atoms with Gasteiger partial charge in [0.05, 0.1) is 30.6 Å². The standard InChI is InChI=1S/C18H29FN2OS/c1-2-3-4-5-6-7-8-9-10-11-12-22-18-13-16-14-20-23-21(16)15-17(18)19/h13-15,20H,2-12H2,1H3. The fourth-order valence-electron chi connectivity index (χ4n) is 2.72. The molecule has 0 aliphatic carbocycles. The maximum atomic E-state index is 13.8. The van der Waals surface area contributed by atoms with E-state index < -0.39 is 0 Å². The molecule has 0 atom stereocenters. The number of hydrogen-bond acceptors (Lipinski definition) is 4. The first-order valence-corrected chi connectivity index (χ1v) is 9.72. The van der Waals surface area contributed by atoms with Crippen molar-refractivity contribution in [1.29, 1.82) is 0 Å². The molecule has 0 aromatic heterocycles. The monoisotopic (exact) mass is 340 g/mol. The lowest BCUT2D eigenvalue weighted by Crippen LogP contribution is -2.10. The molecule has 1 N–H and O–H groups in total. The average molecular weight is 341 g/mol. The first-order valence-electron chi connectivity index (χ1n) is 8.95. The van der Waals surface area contributed by atoms with Crippen molar-refractivity contribution in [3.8, 4) is 0 Å². The van der Waals surface area contributed by atoms with Crippen LogP contribution in [0.2, 0.25) is 0 Å². The van der Waals surface area contributed by atoms with E-state index in [1.54, 1.807) is 10.4 Å². The van der Waals surface area contributed by atoms with Gasteiger partial charge in [0.1, 0.15) is 0 Å². The molecule has 0 saturated carbocycles. The van der Waals surface area contributed by atoms with Gasteiger partial charge in [-0.05, 0) is 6.42 Å². The number of nitrogens with one attached hydrogen (secondary N) is 1. The van der Waals surface area contributed by atoms with Gasteiger partial charge in [-0.15, -0.1) is 0 Å². The summed E-state index contributed by atoms with van der Waals surface area (Å²) in [4.78, 5) is 0. The van der Waals surface area contributed by atoms with Crippen LogP contribution in [0.15, 0.2) is 35.8 Å². The van der Waals surface area contributed by atoms with E-state index in [1.165, 1.54) is 76.1 Å². The first kappa shape index (κ1) is 18.2. The number of halogens is 1. The molecule has 0 bridgehead atoms. The highest BCUT2D eigenvalue weighted by Crippen LogP contribution is 2.32. The summed E-state index contributed by atoms with van der Waals surface area (Å²) in [6.45, 7) is 2.85. The van der Waals surface area contributed by atoms with Crippen molar-refractivity contribution < 1.29 is 9.13 Å². The van der Waals surface area contributed by atoms with Crippen LogP contribution in [0, 0.1) is 0 Å². The Morgan fingerprint density at radius 3 is 2.39 bits per heavy atom. The third-order valence-corrected chi connectivity index (χ3v) is 4.85. The van der Waals surface area contributed by atoms with Crippen LogP contribution in [-0.4, -0.2) is 10.9 Å². The second kappa shape index (κ2) is 10.6. The van der Waals surface area contributed by atoms with Gasteiger partial charge in [0.2, 0.25) is 0 Å². The number of ether oxygens (including phenoxy) is 1. The summed E-state index contributed by atoms with van der Waals surface area (Å²) in [5, 5.41) is 0. The summed E-state index contributed by atoms with van der Waals surface area (Å²) in [6.07, 6.45) is 18.0. The van der Waals surface area contributed by atoms with Crippen molar-refractivity contribution in [3.05, 3.63) is 35.8 Å². The van der Waals surface area contributed by atoms with E-state index in [1.807, 2.05) is 6.20 Å². The number of rotatable bonds is 12. The van der Waals surface area contributed by atoms with Gasteiger partial charge in [0.25, 0.3) is 0 Å². The zero-order valence-electron chi connectivity index (χ0n) is 14.2. The summed E-state index contributed by atoms with van der Waals surface area (Å²) < 4.78 is 24.2. The molecule has 3 nitrogen and oxygen atoms in total. The molecule has 0 amide bonds. The largest absolute Gasteiger partial charge is 0.490 e. The van der Waals surface area contributed by atoms with E-state index in [-0.39, 0.29) is 5.83 Å². The predicted octanol–water partition coefficient (Wildman–Crippen LogP) is 5.94. The predicted molar refractivity (Wildman–Crippen MR) is 95.7 cm³/mol. The molecule has 2 aliphatic rings. The molecule has 0 spiro atoms. The van der Waals surface area contributed by atoms with Crippen LogP contribution in [0.4, 0.5) is 4.39 Å². The molecule has 0 fully saturated rings. The summed E-state index contributed by atoms with van der Waals surface area (Å²) in [5.41, 5.74) is 0.925. The van der Waals surface area contributed by atoms with Gasteiger partial charge in [-0.25, -0.2) is 4.39 Å². The van der Waals surface area contributed by atoms with Crippen molar-refractivity contribution >= 4 is 12.1 Å². The van der Waals surface area contributed by atoms with Crippen molar-refractivity contribution in [2.45, 2.75) is 71.1 Å². The molecule has 2 rings (SSSR count). The Morgan fingerprint density at radius 2 is 1.70 bits per heavy atom. The van der Waals surface area contributed by atoms with Gasteiger partial charge in [-0.1, -0.05) is 64.7 Å². The number of nitrogens with zero attached hydrogens (tertiary/aromatic N) is 1. The van der Waals surface area contributed by atoms with Gasteiger partial charge in [0.15, 0.2) is 11.6 Å². The third kappa shape index (κ3) is 6.50. The summed E-state index contributed by atoms with van der Waals surface area (Å²) in [7, 11) is 0. The number of fused-ring (bicyclic) bond motifs is 1. The molecule has 130 valence electrons. The van der Waals surface area contributed by atoms with Crippen LogP contribution in [0.1, 0.15) is 71.1 Å². The Morgan fingerprint density at radius 1 is 1.04 bits per heavy atom. The van der Waals surface area contributed by atoms with E-state index in [4.69, 9.17) is 4.74 Å². The summed E-state index contributed by atoms with van der Waals surface area (Å²) in [5.74, 6) is 0.0538. The van der Waals surface area contributed by atoms with Gasteiger partial charge < -0.3 is 9.46 Å². The third-order valence-electron chi connectivity index (χ3n) is 4.11. The molecular formula is C18H29FN2OS. The molecule has 0 aromatic carbocycles. The van der Waals surface area contributed by atoms with Crippen LogP contribution < -0.4 is 4.72 Å². The lowest BCUT2D eigenvalue weighted by Gasteiger charge is -2.19. The molecule has 0 saturated heterocycles. The Hall–Kier alpha value is -1.10. The van der Waals surface area contributed by atoms with E-state index >= 15 is 0 Å². The van der Waals surface area contributed by atoms with Gasteiger partial charge in [-0.3, -0.25) is 4.31 Å². The highest BCUT2D eigenvalue weighted by atomic mass is 32.2. The lowest BCUT2D eigenvalue weighted by atomic mass is 10.1. The summed E-state index contributed by atoms with van der Waals surface area (Å²) in [6, 6.07) is 0. The van der Waals surface area contributed by atoms with Gasteiger partial charge in [-0.2, -0.15) is 0 Å². The molecule has 2 aliphatic heterocycles. The number of allylic oxidation sites excluding steroid dienone is 2. The van der Waals surface area contributed by atoms with Crippen LogP contribution in [0.3, 0.4) is 0 Å². The minimum atomic E-state index is -0.301. The van der Waals surface area contributed by atoms with E-state index in [0.717, 1.165) is 12.1 Å². The molecule has 2 heterocycles. The quantitative estimate of drug-likeness (QED) is 0.351. The van der Waals surface area contributed by atoms with E-state index in [9.17, 15) is 4.39 Å². The van der Waals surface area contributed by atoms with Crippen LogP contribution in [-0.2, 0) is 4.74 Å². The number of hydrogen-bond donors (Lipinski definition) is 1. The Bertz CT molecular complexity index is 448.